The van der Waals surface area contributed by atoms with Gasteiger partial charge in [-0.3, -0.25) is 0 Å². The van der Waals surface area contributed by atoms with Gasteiger partial charge >= 0.3 is 0 Å². The van der Waals surface area contributed by atoms with Gasteiger partial charge in [0.2, 0.25) is 0 Å². The zero-order valence-electron chi connectivity index (χ0n) is 12.2. The normalized spacial score (nSPS) is 9.95. The Morgan fingerprint density at radius 2 is 1.42 bits per heavy atom. The van der Waals surface area contributed by atoms with Crippen LogP contribution in [-0.2, 0) is 6.42 Å². The standard InChI is InChI=1S/C18H22.Li/c1-2-3-4-6-11-17-14-9-10-15-18(17)16-12-7-5-8-13-16;/h5,7-10,12-15H,2-4,6,11H2,1H3;. The molecule has 2 aromatic carbocycles. The third-order valence-electron chi connectivity index (χ3n) is 3.40. The van der Waals surface area contributed by atoms with Crippen LogP contribution >= 0.6 is 0 Å². The van der Waals surface area contributed by atoms with Gasteiger partial charge in [0, 0.05) is 18.9 Å². The van der Waals surface area contributed by atoms with Crippen LogP contribution in [0, 0.1) is 0 Å². The topological polar surface area (TPSA) is 0 Å². The van der Waals surface area contributed by atoms with Crippen LogP contribution in [0.3, 0.4) is 0 Å². The molecular formula is C18H22Li. The van der Waals surface area contributed by atoms with Crippen LogP contribution in [0.15, 0.2) is 54.6 Å². The zero-order chi connectivity index (χ0) is 12.6. The molecule has 0 fully saturated rings. The maximum Gasteiger partial charge on any atom is 0 e. The minimum absolute atomic E-state index is 0. The first-order valence-electron chi connectivity index (χ1n) is 7.05. The van der Waals surface area contributed by atoms with Crippen LogP contribution < -0.4 is 0 Å². The van der Waals surface area contributed by atoms with Crippen molar-refractivity contribution >= 4 is 18.9 Å². The average Bonchev–Trinajstić information content (AvgIpc) is 2.45. The van der Waals surface area contributed by atoms with Crippen LogP contribution in [0.2, 0.25) is 0 Å². The zero-order valence-corrected chi connectivity index (χ0v) is 12.2. The SMILES string of the molecule is CCCCCCc1ccccc1-c1ccccc1.[Li]. The Hall–Kier alpha value is -0.963. The van der Waals surface area contributed by atoms with Crippen molar-refractivity contribution < 1.29 is 0 Å². The first-order valence-corrected chi connectivity index (χ1v) is 7.05. The molecule has 19 heavy (non-hydrogen) atoms. The van der Waals surface area contributed by atoms with E-state index in [2.05, 4.69) is 61.5 Å². The minimum Gasteiger partial charge on any atom is -0.0654 e. The third-order valence-corrected chi connectivity index (χ3v) is 3.40. The first-order chi connectivity index (χ1) is 8.92. The Morgan fingerprint density at radius 3 is 2.16 bits per heavy atom. The fourth-order valence-electron chi connectivity index (χ4n) is 2.38. The second-order valence-electron chi connectivity index (χ2n) is 4.83. The smallest absolute Gasteiger partial charge is 0 e. The molecule has 0 aliphatic rings. The monoisotopic (exact) mass is 245 g/mol. The Kier molecular flexibility index (Phi) is 7.64. The molecule has 0 unspecified atom stereocenters. The van der Waals surface area contributed by atoms with Crippen LogP contribution in [-0.4, -0.2) is 18.9 Å². The molecular weight excluding hydrogens is 223 g/mol. The maximum absolute atomic E-state index is 2.27. The van der Waals surface area contributed by atoms with Crippen LogP contribution in [0.25, 0.3) is 11.1 Å². The summed E-state index contributed by atoms with van der Waals surface area (Å²) in [7, 11) is 0. The molecule has 1 heteroatoms. The van der Waals surface area contributed by atoms with E-state index in [4.69, 9.17) is 0 Å². The molecule has 0 atom stereocenters. The van der Waals surface area contributed by atoms with Gasteiger partial charge in [-0.05, 0) is 29.5 Å². The van der Waals surface area contributed by atoms with Crippen molar-refractivity contribution in [3.63, 3.8) is 0 Å². The van der Waals surface area contributed by atoms with Crippen molar-refractivity contribution in [1.29, 1.82) is 0 Å². The summed E-state index contributed by atoms with van der Waals surface area (Å²) in [6, 6.07) is 19.5. The minimum atomic E-state index is 0. The number of hydrogen-bond acceptors (Lipinski definition) is 0. The molecule has 0 saturated heterocycles. The molecule has 0 saturated carbocycles. The summed E-state index contributed by atoms with van der Waals surface area (Å²) in [6.45, 7) is 2.26. The Bertz CT molecular complexity index is 462. The molecule has 0 bridgehead atoms. The van der Waals surface area contributed by atoms with Crippen molar-refractivity contribution in [2.45, 2.75) is 39.0 Å². The Balaban J connectivity index is 0.00000180. The summed E-state index contributed by atoms with van der Waals surface area (Å²) < 4.78 is 0. The number of hydrogen-bond donors (Lipinski definition) is 0. The average molecular weight is 245 g/mol. The Labute approximate surface area is 129 Å². The number of rotatable bonds is 6. The molecule has 2 rings (SSSR count). The van der Waals surface area contributed by atoms with Crippen molar-refractivity contribution in [2.75, 3.05) is 0 Å². The van der Waals surface area contributed by atoms with Gasteiger partial charge in [-0.2, -0.15) is 0 Å². The van der Waals surface area contributed by atoms with Gasteiger partial charge in [0.1, 0.15) is 0 Å². The summed E-state index contributed by atoms with van der Waals surface area (Å²) in [6.07, 6.45) is 6.51. The molecule has 0 nitrogen and oxygen atoms in total. The van der Waals surface area contributed by atoms with Crippen molar-refractivity contribution in [2.24, 2.45) is 0 Å². The summed E-state index contributed by atoms with van der Waals surface area (Å²) in [4.78, 5) is 0. The van der Waals surface area contributed by atoms with Crippen LogP contribution in [0.1, 0.15) is 38.2 Å². The van der Waals surface area contributed by atoms with E-state index in [1.54, 1.807) is 0 Å². The summed E-state index contributed by atoms with van der Waals surface area (Å²) in [5.74, 6) is 0. The van der Waals surface area contributed by atoms with Gasteiger partial charge in [0.25, 0.3) is 0 Å². The second kappa shape index (κ2) is 9.02. The maximum atomic E-state index is 2.27. The third kappa shape index (κ3) is 4.90. The van der Waals surface area contributed by atoms with E-state index in [9.17, 15) is 0 Å². The fraction of sp³-hybridized carbons (Fsp3) is 0.333. The van der Waals surface area contributed by atoms with E-state index in [-0.39, 0.29) is 18.9 Å². The van der Waals surface area contributed by atoms with Crippen molar-refractivity contribution in [3.05, 3.63) is 60.2 Å². The van der Waals surface area contributed by atoms with E-state index in [0.29, 0.717) is 0 Å². The van der Waals surface area contributed by atoms with E-state index in [0.717, 1.165) is 0 Å². The van der Waals surface area contributed by atoms with Gasteiger partial charge in [-0.25, -0.2) is 0 Å². The van der Waals surface area contributed by atoms with Gasteiger partial charge in [-0.15, -0.1) is 0 Å². The number of unbranched alkanes of at least 4 members (excludes halogenated alkanes) is 3. The largest absolute Gasteiger partial charge is 0.0654 e. The Morgan fingerprint density at radius 1 is 0.737 bits per heavy atom. The first kappa shape index (κ1) is 16.1. The van der Waals surface area contributed by atoms with Crippen LogP contribution in [0.4, 0.5) is 0 Å². The van der Waals surface area contributed by atoms with Gasteiger partial charge < -0.3 is 0 Å². The van der Waals surface area contributed by atoms with E-state index < -0.39 is 0 Å². The van der Waals surface area contributed by atoms with E-state index in [1.807, 2.05) is 0 Å². The molecule has 2 aromatic rings. The molecule has 0 N–H and O–H groups in total. The van der Waals surface area contributed by atoms with Crippen molar-refractivity contribution in [3.8, 4) is 11.1 Å². The number of benzene rings is 2. The molecule has 1 radical (unpaired) electrons. The molecule has 0 heterocycles. The molecule has 0 aliphatic heterocycles. The van der Waals surface area contributed by atoms with Gasteiger partial charge in [0.05, 0.1) is 0 Å². The van der Waals surface area contributed by atoms with E-state index >= 15 is 0 Å². The van der Waals surface area contributed by atoms with Crippen LogP contribution in [0.5, 0.6) is 0 Å². The second-order valence-corrected chi connectivity index (χ2v) is 4.83. The van der Waals surface area contributed by atoms with Gasteiger partial charge in [-0.1, -0.05) is 80.8 Å². The fourth-order valence-corrected chi connectivity index (χ4v) is 2.38. The predicted molar refractivity (Wildman–Crippen MR) is 85.5 cm³/mol. The number of aryl methyl sites for hydroxylation is 1. The molecule has 0 aromatic heterocycles. The van der Waals surface area contributed by atoms with E-state index in [1.165, 1.54) is 48.8 Å². The molecule has 0 spiro atoms. The summed E-state index contributed by atoms with van der Waals surface area (Å²) in [5, 5.41) is 0. The summed E-state index contributed by atoms with van der Waals surface area (Å²) >= 11 is 0. The predicted octanol–water partition coefficient (Wildman–Crippen LogP) is 5.10. The molecule has 0 amide bonds. The molecule has 95 valence electrons. The molecule has 0 aliphatic carbocycles. The van der Waals surface area contributed by atoms with Gasteiger partial charge in [0.15, 0.2) is 0 Å². The van der Waals surface area contributed by atoms with Crippen molar-refractivity contribution in [1.82, 2.24) is 0 Å². The summed E-state index contributed by atoms with van der Waals surface area (Å²) in [5.41, 5.74) is 4.22. The quantitative estimate of drug-likeness (QED) is 0.491.